The van der Waals surface area contributed by atoms with Crippen LogP contribution in [0.1, 0.15) is 38.1 Å². The van der Waals surface area contributed by atoms with E-state index in [2.05, 4.69) is 25.3 Å². The molecule has 0 spiro atoms. The molecule has 0 saturated heterocycles. The van der Waals surface area contributed by atoms with Crippen molar-refractivity contribution in [2.75, 3.05) is 5.73 Å². The number of nitrogens with two attached hydrogens (primary N) is 1. The van der Waals surface area contributed by atoms with E-state index >= 15 is 0 Å². The lowest BCUT2D eigenvalue weighted by Crippen LogP contribution is -2.06. The molecule has 2 rings (SSSR count). The largest absolute Gasteiger partial charge is 0.383 e. The Kier molecular flexibility index (Phi) is 3.85. The van der Waals surface area contributed by atoms with Crippen LogP contribution in [0, 0.1) is 6.92 Å². The van der Waals surface area contributed by atoms with Gasteiger partial charge in [0.1, 0.15) is 17.3 Å². The van der Waals surface area contributed by atoms with Crippen molar-refractivity contribution in [3.8, 4) is 11.3 Å². The van der Waals surface area contributed by atoms with Crippen LogP contribution >= 0.6 is 11.6 Å². The molecule has 0 atom stereocenters. The molecule has 102 valence electrons. The Bertz CT molecular complexity index is 600. The minimum atomic E-state index is 0.351. The van der Waals surface area contributed by atoms with Crippen LogP contribution in [0.2, 0.25) is 5.02 Å². The number of nitrogens with zero attached hydrogens (tertiary/aromatic N) is 2. The van der Waals surface area contributed by atoms with Crippen LogP contribution < -0.4 is 5.73 Å². The van der Waals surface area contributed by atoms with E-state index in [4.69, 9.17) is 22.3 Å². The number of halogens is 1. The first kappa shape index (κ1) is 13.9. The minimum Gasteiger partial charge on any atom is -0.383 e. The van der Waals surface area contributed by atoms with Gasteiger partial charge in [0.2, 0.25) is 0 Å². The number of hydrogen-bond acceptors (Lipinski definition) is 2. The predicted octanol–water partition coefficient (Wildman–Crippen LogP) is 4.24. The van der Waals surface area contributed by atoms with Gasteiger partial charge in [-0.15, -0.1) is 0 Å². The summed E-state index contributed by atoms with van der Waals surface area (Å²) in [6.07, 6.45) is 0. The van der Waals surface area contributed by atoms with Crippen LogP contribution in [-0.2, 0) is 6.54 Å². The Morgan fingerprint density at radius 3 is 2.53 bits per heavy atom. The number of benzene rings is 1. The number of anilines is 1. The van der Waals surface area contributed by atoms with E-state index in [-0.39, 0.29) is 0 Å². The highest BCUT2D eigenvalue weighted by molar-refractivity contribution is 6.30. The van der Waals surface area contributed by atoms with Crippen molar-refractivity contribution in [3.63, 3.8) is 0 Å². The summed E-state index contributed by atoms with van der Waals surface area (Å²) < 4.78 is 2.08. The molecule has 2 N–H and O–H groups in total. The van der Waals surface area contributed by atoms with Gasteiger partial charge in [-0.1, -0.05) is 31.5 Å². The van der Waals surface area contributed by atoms with E-state index in [0.717, 1.165) is 40.0 Å². The third-order valence-electron chi connectivity index (χ3n) is 3.31. The second kappa shape index (κ2) is 5.25. The quantitative estimate of drug-likeness (QED) is 0.912. The Hall–Kier alpha value is -1.48. The maximum Gasteiger partial charge on any atom is 0.131 e. The highest BCUT2D eigenvalue weighted by Gasteiger charge is 2.18. The summed E-state index contributed by atoms with van der Waals surface area (Å²) in [5.41, 5.74) is 9.26. The van der Waals surface area contributed by atoms with E-state index in [1.807, 2.05) is 25.1 Å². The van der Waals surface area contributed by atoms with Crippen LogP contribution in [-0.4, -0.2) is 9.55 Å². The van der Waals surface area contributed by atoms with E-state index in [9.17, 15) is 0 Å². The SMILES string of the molecule is CCn1c(C(C)C)nc(-c2ccc(Cl)cc2C)c1N. The lowest BCUT2D eigenvalue weighted by molar-refractivity contribution is 0.658. The maximum atomic E-state index is 6.26. The normalized spacial score (nSPS) is 11.3. The minimum absolute atomic E-state index is 0.351. The zero-order valence-corrected chi connectivity index (χ0v) is 12.6. The molecule has 0 bridgehead atoms. The van der Waals surface area contributed by atoms with E-state index in [1.165, 1.54) is 0 Å². The molecule has 1 aromatic heterocycles. The molecule has 1 heterocycles. The topological polar surface area (TPSA) is 43.8 Å². The van der Waals surface area contributed by atoms with Crippen molar-refractivity contribution >= 4 is 17.4 Å². The van der Waals surface area contributed by atoms with Crippen LogP contribution in [0.5, 0.6) is 0 Å². The van der Waals surface area contributed by atoms with Gasteiger partial charge in [0, 0.05) is 23.0 Å². The molecule has 1 aromatic carbocycles. The van der Waals surface area contributed by atoms with Gasteiger partial charge >= 0.3 is 0 Å². The van der Waals surface area contributed by atoms with Gasteiger partial charge in [0.05, 0.1) is 0 Å². The zero-order valence-electron chi connectivity index (χ0n) is 11.9. The molecular weight excluding hydrogens is 258 g/mol. The molecule has 4 heteroatoms. The van der Waals surface area contributed by atoms with Gasteiger partial charge < -0.3 is 10.3 Å². The highest BCUT2D eigenvalue weighted by Crippen LogP contribution is 2.32. The van der Waals surface area contributed by atoms with Gasteiger partial charge in [-0.3, -0.25) is 0 Å². The average Bonchev–Trinajstić information content (AvgIpc) is 2.66. The summed E-state index contributed by atoms with van der Waals surface area (Å²) in [4.78, 5) is 4.74. The van der Waals surface area contributed by atoms with Crippen LogP contribution in [0.4, 0.5) is 5.82 Å². The zero-order chi connectivity index (χ0) is 14.2. The summed E-state index contributed by atoms with van der Waals surface area (Å²) in [6.45, 7) is 9.21. The monoisotopic (exact) mass is 277 g/mol. The predicted molar refractivity (Wildman–Crippen MR) is 81.6 cm³/mol. The summed E-state index contributed by atoms with van der Waals surface area (Å²) >= 11 is 6.00. The highest BCUT2D eigenvalue weighted by atomic mass is 35.5. The smallest absolute Gasteiger partial charge is 0.131 e. The number of aromatic nitrogens is 2. The molecule has 0 aliphatic rings. The van der Waals surface area contributed by atoms with Gasteiger partial charge in [-0.25, -0.2) is 4.98 Å². The Balaban J connectivity index is 2.63. The van der Waals surface area contributed by atoms with Gasteiger partial charge in [-0.05, 0) is 31.5 Å². The number of rotatable bonds is 3. The van der Waals surface area contributed by atoms with Crippen LogP contribution in [0.3, 0.4) is 0 Å². The fourth-order valence-corrected chi connectivity index (χ4v) is 2.57. The van der Waals surface area contributed by atoms with Crippen molar-refractivity contribution in [2.24, 2.45) is 0 Å². The number of aryl methyl sites for hydroxylation is 1. The fourth-order valence-electron chi connectivity index (χ4n) is 2.35. The van der Waals surface area contributed by atoms with E-state index in [0.29, 0.717) is 5.92 Å². The van der Waals surface area contributed by atoms with Gasteiger partial charge in [0.25, 0.3) is 0 Å². The van der Waals surface area contributed by atoms with Gasteiger partial charge in [0.15, 0.2) is 0 Å². The molecule has 0 aliphatic heterocycles. The summed E-state index contributed by atoms with van der Waals surface area (Å²) in [7, 11) is 0. The van der Waals surface area contributed by atoms with E-state index < -0.39 is 0 Å². The van der Waals surface area contributed by atoms with E-state index in [1.54, 1.807) is 0 Å². The second-order valence-electron chi connectivity index (χ2n) is 5.06. The maximum absolute atomic E-state index is 6.26. The molecule has 19 heavy (non-hydrogen) atoms. The number of imidazole rings is 1. The van der Waals surface area contributed by atoms with Crippen molar-refractivity contribution in [1.82, 2.24) is 9.55 Å². The van der Waals surface area contributed by atoms with Crippen LogP contribution in [0.15, 0.2) is 18.2 Å². The third-order valence-corrected chi connectivity index (χ3v) is 3.55. The standard InChI is InChI=1S/C15H20ClN3/c1-5-19-14(17)13(18-15(19)9(2)3)12-7-6-11(16)8-10(12)4/h6-9H,5,17H2,1-4H3. The molecule has 2 aromatic rings. The molecule has 0 fully saturated rings. The summed E-state index contributed by atoms with van der Waals surface area (Å²) in [5.74, 6) is 2.12. The van der Waals surface area contributed by atoms with Crippen molar-refractivity contribution in [1.29, 1.82) is 0 Å². The molecular formula is C15H20ClN3. The Morgan fingerprint density at radius 1 is 1.37 bits per heavy atom. The lowest BCUT2D eigenvalue weighted by atomic mass is 10.1. The number of hydrogen-bond donors (Lipinski definition) is 1. The van der Waals surface area contributed by atoms with Crippen LogP contribution in [0.25, 0.3) is 11.3 Å². The first-order valence-corrected chi connectivity index (χ1v) is 6.95. The first-order valence-electron chi connectivity index (χ1n) is 6.58. The second-order valence-corrected chi connectivity index (χ2v) is 5.50. The fraction of sp³-hybridized carbons (Fsp3) is 0.400. The number of nitrogen functional groups attached to an aromatic ring is 1. The average molecular weight is 278 g/mol. The Labute approximate surface area is 119 Å². The molecule has 0 saturated carbocycles. The third kappa shape index (κ3) is 2.47. The van der Waals surface area contributed by atoms with Crippen molar-refractivity contribution in [3.05, 3.63) is 34.6 Å². The summed E-state index contributed by atoms with van der Waals surface area (Å²) in [6, 6.07) is 5.81. The molecule has 0 amide bonds. The first-order chi connectivity index (χ1) is 8.95. The van der Waals surface area contributed by atoms with Crippen molar-refractivity contribution in [2.45, 2.75) is 40.2 Å². The lowest BCUT2D eigenvalue weighted by Gasteiger charge is -2.08. The summed E-state index contributed by atoms with van der Waals surface area (Å²) in [5, 5.41) is 0.735. The van der Waals surface area contributed by atoms with Gasteiger partial charge in [-0.2, -0.15) is 0 Å². The Morgan fingerprint density at radius 2 is 2.05 bits per heavy atom. The molecule has 3 nitrogen and oxygen atoms in total. The molecule has 0 radical (unpaired) electrons. The van der Waals surface area contributed by atoms with Crippen molar-refractivity contribution < 1.29 is 0 Å². The molecule has 0 unspecified atom stereocenters. The molecule has 0 aliphatic carbocycles.